The number of benzene rings is 3. The van der Waals surface area contributed by atoms with Gasteiger partial charge in [-0.15, -0.1) is 0 Å². The molecule has 1 aliphatic heterocycles. The van der Waals surface area contributed by atoms with Crippen molar-refractivity contribution in [2.45, 2.75) is 6.04 Å². The standard InChI is InChI=1S/C27H26N4O/c28-20-24(21-30-16-18-31(19-17-30)25-14-8-3-9-15-25)27(32)29-26(22-10-4-1-5-11-22)23-12-6-2-7-13-23/h1-15,21,26H,16-19H2,(H,29,32)/b24-21-. The first kappa shape index (κ1) is 21.2. The fraction of sp³-hybridized carbons (Fsp3) is 0.185. The quantitative estimate of drug-likeness (QED) is 0.480. The van der Waals surface area contributed by atoms with Gasteiger partial charge in [0.25, 0.3) is 5.91 Å². The van der Waals surface area contributed by atoms with Crippen molar-refractivity contribution in [3.8, 4) is 6.07 Å². The first-order valence-electron chi connectivity index (χ1n) is 10.8. The summed E-state index contributed by atoms with van der Waals surface area (Å²) < 4.78 is 0. The van der Waals surface area contributed by atoms with E-state index in [-0.39, 0.29) is 17.5 Å². The van der Waals surface area contributed by atoms with Crippen LogP contribution in [-0.2, 0) is 4.79 Å². The molecule has 0 saturated carbocycles. The van der Waals surface area contributed by atoms with Gasteiger partial charge in [0.15, 0.2) is 0 Å². The maximum Gasteiger partial charge on any atom is 0.264 e. The van der Waals surface area contributed by atoms with Gasteiger partial charge in [0.2, 0.25) is 0 Å². The highest BCUT2D eigenvalue weighted by atomic mass is 16.1. The Morgan fingerprint density at radius 1 is 0.812 bits per heavy atom. The van der Waals surface area contributed by atoms with E-state index in [1.807, 2.05) is 78.9 Å². The number of amides is 1. The van der Waals surface area contributed by atoms with Gasteiger partial charge in [-0.1, -0.05) is 78.9 Å². The van der Waals surface area contributed by atoms with Crippen molar-refractivity contribution < 1.29 is 4.79 Å². The van der Waals surface area contributed by atoms with Crippen LogP contribution in [-0.4, -0.2) is 37.0 Å². The van der Waals surface area contributed by atoms with Gasteiger partial charge >= 0.3 is 0 Å². The number of carbonyl (C=O) groups excluding carboxylic acids is 1. The molecule has 5 heteroatoms. The average Bonchev–Trinajstić information content (AvgIpc) is 2.87. The first-order valence-corrected chi connectivity index (χ1v) is 10.8. The van der Waals surface area contributed by atoms with Crippen LogP contribution in [0.25, 0.3) is 0 Å². The number of nitrogens with zero attached hydrogens (tertiary/aromatic N) is 3. The van der Waals surface area contributed by atoms with Crippen LogP contribution in [0.2, 0.25) is 0 Å². The summed E-state index contributed by atoms with van der Waals surface area (Å²) in [5.74, 6) is -0.365. The van der Waals surface area contributed by atoms with Gasteiger partial charge in [-0.05, 0) is 23.3 Å². The lowest BCUT2D eigenvalue weighted by atomic mass is 9.98. The molecule has 0 aliphatic carbocycles. The molecule has 1 fully saturated rings. The zero-order chi connectivity index (χ0) is 22.2. The highest BCUT2D eigenvalue weighted by molar-refractivity contribution is 5.97. The molecule has 5 nitrogen and oxygen atoms in total. The fourth-order valence-electron chi connectivity index (χ4n) is 3.93. The zero-order valence-electron chi connectivity index (χ0n) is 17.9. The maximum absolute atomic E-state index is 13.1. The largest absolute Gasteiger partial charge is 0.373 e. The van der Waals surface area contributed by atoms with Crippen molar-refractivity contribution in [3.63, 3.8) is 0 Å². The first-order chi connectivity index (χ1) is 15.7. The molecule has 3 aromatic carbocycles. The Labute approximate surface area is 189 Å². The number of hydrogen-bond acceptors (Lipinski definition) is 4. The molecule has 1 amide bonds. The molecule has 0 radical (unpaired) electrons. The Hall–Kier alpha value is -4.04. The number of anilines is 1. The highest BCUT2D eigenvalue weighted by Gasteiger charge is 2.21. The lowest BCUT2D eigenvalue weighted by Crippen LogP contribution is -2.44. The van der Waals surface area contributed by atoms with E-state index in [0.29, 0.717) is 0 Å². The van der Waals surface area contributed by atoms with E-state index in [1.54, 1.807) is 6.20 Å². The summed E-state index contributed by atoms with van der Waals surface area (Å²) in [4.78, 5) is 17.4. The molecule has 0 atom stereocenters. The third-order valence-electron chi connectivity index (χ3n) is 5.65. The molecule has 3 aromatic rings. The molecule has 0 bridgehead atoms. The van der Waals surface area contributed by atoms with Crippen molar-refractivity contribution in [1.82, 2.24) is 10.2 Å². The number of para-hydroxylation sites is 1. The summed E-state index contributed by atoms with van der Waals surface area (Å²) in [7, 11) is 0. The van der Waals surface area contributed by atoms with Crippen molar-refractivity contribution in [1.29, 1.82) is 5.26 Å². The van der Waals surface area contributed by atoms with Gasteiger partial charge in [-0.3, -0.25) is 4.79 Å². The molecule has 160 valence electrons. The molecule has 1 aliphatic rings. The molecule has 32 heavy (non-hydrogen) atoms. The van der Waals surface area contributed by atoms with Crippen molar-refractivity contribution in [3.05, 3.63) is 114 Å². The summed E-state index contributed by atoms with van der Waals surface area (Å²) in [6.07, 6.45) is 1.70. The van der Waals surface area contributed by atoms with E-state index in [0.717, 1.165) is 37.3 Å². The van der Waals surface area contributed by atoms with E-state index in [9.17, 15) is 10.1 Å². The van der Waals surface area contributed by atoms with Gasteiger partial charge in [0, 0.05) is 38.1 Å². The summed E-state index contributed by atoms with van der Waals surface area (Å²) in [6, 6.07) is 31.7. The Morgan fingerprint density at radius 2 is 1.31 bits per heavy atom. The van der Waals surface area contributed by atoms with Crippen molar-refractivity contribution in [2.75, 3.05) is 31.1 Å². The van der Waals surface area contributed by atoms with Crippen LogP contribution in [0.1, 0.15) is 17.2 Å². The fourth-order valence-corrected chi connectivity index (χ4v) is 3.93. The predicted molar refractivity (Wildman–Crippen MR) is 127 cm³/mol. The number of nitrogens with one attached hydrogen (secondary N) is 1. The molecule has 0 spiro atoms. The van der Waals surface area contributed by atoms with Crippen LogP contribution in [0, 0.1) is 11.3 Å². The van der Waals surface area contributed by atoms with Crippen LogP contribution < -0.4 is 10.2 Å². The second-order valence-electron chi connectivity index (χ2n) is 7.74. The number of piperazine rings is 1. The van der Waals surface area contributed by atoms with Crippen LogP contribution >= 0.6 is 0 Å². The van der Waals surface area contributed by atoms with Crippen LogP contribution in [0.4, 0.5) is 5.69 Å². The maximum atomic E-state index is 13.1. The molecule has 0 unspecified atom stereocenters. The minimum Gasteiger partial charge on any atom is -0.373 e. The Morgan fingerprint density at radius 3 is 1.81 bits per heavy atom. The van der Waals surface area contributed by atoms with Gasteiger partial charge in [0.05, 0.1) is 6.04 Å². The van der Waals surface area contributed by atoms with E-state index in [1.165, 1.54) is 5.69 Å². The lowest BCUT2D eigenvalue weighted by Gasteiger charge is -2.35. The molecule has 1 saturated heterocycles. The van der Waals surface area contributed by atoms with E-state index >= 15 is 0 Å². The highest BCUT2D eigenvalue weighted by Crippen LogP contribution is 2.22. The molecule has 1 heterocycles. The molecule has 1 N–H and O–H groups in total. The van der Waals surface area contributed by atoms with E-state index < -0.39 is 0 Å². The summed E-state index contributed by atoms with van der Waals surface area (Å²) in [5.41, 5.74) is 3.26. The van der Waals surface area contributed by atoms with Gasteiger partial charge < -0.3 is 15.1 Å². The zero-order valence-corrected chi connectivity index (χ0v) is 17.9. The third kappa shape index (κ3) is 5.16. The Kier molecular flexibility index (Phi) is 6.84. The number of hydrogen-bond donors (Lipinski definition) is 1. The third-order valence-corrected chi connectivity index (χ3v) is 5.65. The number of nitriles is 1. The summed E-state index contributed by atoms with van der Waals surface area (Å²) in [6.45, 7) is 3.21. The van der Waals surface area contributed by atoms with Crippen LogP contribution in [0.5, 0.6) is 0 Å². The second kappa shape index (κ2) is 10.3. The van der Waals surface area contributed by atoms with Gasteiger partial charge in [-0.25, -0.2) is 0 Å². The minimum absolute atomic E-state index is 0.120. The second-order valence-corrected chi connectivity index (χ2v) is 7.74. The number of carbonyl (C=O) groups is 1. The van der Waals surface area contributed by atoms with Gasteiger partial charge in [-0.2, -0.15) is 5.26 Å². The summed E-state index contributed by atoms with van der Waals surface area (Å²) >= 11 is 0. The smallest absolute Gasteiger partial charge is 0.264 e. The Balaban J connectivity index is 1.46. The molecule has 0 aromatic heterocycles. The average molecular weight is 423 g/mol. The molecule has 4 rings (SSSR count). The van der Waals surface area contributed by atoms with Crippen LogP contribution in [0.15, 0.2) is 103 Å². The van der Waals surface area contributed by atoms with Crippen molar-refractivity contribution >= 4 is 11.6 Å². The molecular weight excluding hydrogens is 396 g/mol. The lowest BCUT2D eigenvalue weighted by molar-refractivity contribution is -0.117. The monoisotopic (exact) mass is 422 g/mol. The molecular formula is C27H26N4O. The normalized spacial score (nSPS) is 14.2. The minimum atomic E-state index is -0.365. The van der Waals surface area contributed by atoms with Crippen molar-refractivity contribution in [2.24, 2.45) is 0 Å². The van der Waals surface area contributed by atoms with E-state index in [4.69, 9.17) is 0 Å². The number of rotatable bonds is 6. The summed E-state index contributed by atoms with van der Waals surface area (Å²) in [5, 5.41) is 12.8. The van der Waals surface area contributed by atoms with E-state index in [2.05, 4.69) is 33.3 Å². The topological polar surface area (TPSA) is 59.4 Å². The van der Waals surface area contributed by atoms with Gasteiger partial charge in [0.1, 0.15) is 11.6 Å². The predicted octanol–water partition coefficient (Wildman–Crippen LogP) is 4.12. The SMILES string of the molecule is N#C/C(=C/N1CCN(c2ccccc2)CC1)C(=O)NC(c1ccccc1)c1ccccc1. The Bertz CT molecular complexity index is 1040. The van der Waals surface area contributed by atoms with Crippen LogP contribution in [0.3, 0.4) is 0 Å².